The van der Waals surface area contributed by atoms with Crippen molar-refractivity contribution in [1.82, 2.24) is 0 Å². The van der Waals surface area contributed by atoms with Crippen molar-refractivity contribution >= 4 is 0 Å². The second kappa shape index (κ2) is 4.67. The largest absolute Gasteiger partial charge is 0.487 e. The van der Waals surface area contributed by atoms with E-state index in [-0.39, 0.29) is 12.2 Å². The quantitative estimate of drug-likeness (QED) is 0.823. The number of hydrogen-bond acceptors (Lipinski definition) is 2. The Kier molecular flexibility index (Phi) is 3.27. The number of ether oxygens (including phenoxy) is 1. The number of fused-ring (bicyclic) bond motifs is 1. The van der Waals surface area contributed by atoms with Crippen LogP contribution in [-0.2, 0) is 6.42 Å². The zero-order chi connectivity index (χ0) is 10.7. The summed E-state index contributed by atoms with van der Waals surface area (Å²) in [5.41, 5.74) is 1.26. The molecule has 0 saturated heterocycles. The van der Waals surface area contributed by atoms with Gasteiger partial charge >= 0.3 is 0 Å². The van der Waals surface area contributed by atoms with E-state index in [9.17, 15) is 5.11 Å². The highest BCUT2D eigenvalue weighted by molar-refractivity contribution is 5.35. The number of para-hydroxylation sites is 1. The van der Waals surface area contributed by atoms with Gasteiger partial charge in [0.2, 0.25) is 0 Å². The lowest BCUT2D eigenvalue weighted by Gasteiger charge is -2.29. The first-order valence-corrected chi connectivity index (χ1v) is 5.74. The maximum Gasteiger partial charge on any atom is 0.125 e. The molecule has 2 nitrogen and oxygen atoms in total. The molecular weight excluding hydrogens is 188 g/mol. The lowest BCUT2D eigenvalue weighted by molar-refractivity contribution is 0.0187. The maximum absolute atomic E-state index is 9.87. The molecule has 1 aromatic rings. The van der Waals surface area contributed by atoms with Gasteiger partial charge in [-0.25, -0.2) is 0 Å². The first kappa shape index (κ1) is 10.5. The number of rotatable bonds is 3. The summed E-state index contributed by atoms with van der Waals surface area (Å²) < 4.78 is 5.80. The summed E-state index contributed by atoms with van der Waals surface area (Å²) in [5, 5.41) is 9.87. The van der Waals surface area contributed by atoms with E-state index in [4.69, 9.17) is 4.74 Å². The Morgan fingerprint density at radius 3 is 3.07 bits per heavy atom. The molecule has 0 fully saturated rings. The molecule has 2 rings (SSSR count). The van der Waals surface area contributed by atoms with Crippen molar-refractivity contribution in [3.63, 3.8) is 0 Å². The third-order valence-electron chi connectivity index (χ3n) is 2.96. The molecular formula is C13H18O2. The molecule has 1 N–H and O–H groups in total. The number of aryl methyl sites for hydroxylation is 1. The predicted octanol–water partition coefficient (Wildman–Crippen LogP) is 2.54. The van der Waals surface area contributed by atoms with Crippen molar-refractivity contribution in [2.75, 3.05) is 0 Å². The maximum atomic E-state index is 9.87. The molecule has 0 aromatic heterocycles. The molecule has 1 heterocycles. The summed E-state index contributed by atoms with van der Waals surface area (Å²) in [5.74, 6) is 0.948. The van der Waals surface area contributed by atoms with Crippen molar-refractivity contribution in [2.45, 2.75) is 44.8 Å². The van der Waals surface area contributed by atoms with Gasteiger partial charge in [0.05, 0.1) is 6.10 Å². The smallest absolute Gasteiger partial charge is 0.125 e. The van der Waals surface area contributed by atoms with Gasteiger partial charge in [0.1, 0.15) is 11.9 Å². The molecule has 0 radical (unpaired) electrons. The summed E-state index contributed by atoms with van der Waals surface area (Å²) in [4.78, 5) is 0. The number of aliphatic hydroxyl groups excluding tert-OH is 1. The normalized spacial score (nSPS) is 21.6. The van der Waals surface area contributed by atoms with Crippen LogP contribution in [0.4, 0.5) is 0 Å². The summed E-state index contributed by atoms with van der Waals surface area (Å²) in [6.45, 7) is 2.08. The molecule has 0 bridgehead atoms. The average molecular weight is 206 g/mol. The minimum atomic E-state index is -0.316. The third-order valence-corrected chi connectivity index (χ3v) is 2.96. The van der Waals surface area contributed by atoms with Crippen LogP contribution in [-0.4, -0.2) is 17.3 Å². The van der Waals surface area contributed by atoms with Crippen molar-refractivity contribution < 1.29 is 9.84 Å². The van der Waals surface area contributed by atoms with Crippen LogP contribution in [0.25, 0.3) is 0 Å². The van der Waals surface area contributed by atoms with Crippen molar-refractivity contribution in [3.8, 4) is 5.75 Å². The Hall–Kier alpha value is -1.02. The molecule has 1 aliphatic rings. The summed E-state index contributed by atoms with van der Waals surface area (Å²) >= 11 is 0. The monoisotopic (exact) mass is 206 g/mol. The van der Waals surface area contributed by atoms with Crippen molar-refractivity contribution in [3.05, 3.63) is 29.8 Å². The van der Waals surface area contributed by atoms with Crippen LogP contribution in [0.1, 0.15) is 31.7 Å². The lowest BCUT2D eigenvalue weighted by atomic mass is 9.97. The molecule has 1 aliphatic heterocycles. The fourth-order valence-corrected chi connectivity index (χ4v) is 2.10. The lowest BCUT2D eigenvalue weighted by Crippen LogP contribution is -2.34. The van der Waals surface area contributed by atoms with E-state index >= 15 is 0 Å². The van der Waals surface area contributed by atoms with E-state index < -0.39 is 0 Å². The van der Waals surface area contributed by atoms with Gasteiger partial charge in [0, 0.05) is 0 Å². The zero-order valence-corrected chi connectivity index (χ0v) is 9.15. The van der Waals surface area contributed by atoms with E-state index in [1.165, 1.54) is 5.56 Å². The Morgan fingerprint density at radius 1 is 1.47 bits per heavy atom. The van der Waals surface area contributed by atoms with Crippen LogP contribution >= 0.6 is 0 Å². The van der Waals surface area contributed by atoms with Gasteiger partial charge in [-0.3, -0.25) is 0 Å². The summed E-state index contributed by atoms with van der Waals surface area (Å²) in [6.07, 6.45) is 3.44. The molecule has 0 aliphatic carbocycles. The van der Waals surface area contributed by atoms with Crippen LogP contribution in [0.5, 0.6) is 5.75 Å². The molecule has 82 valence electrons. The highest BCUT2D eigenvalue weighted by atomic mass is 16.5. The zero-order valence-electron chi connectivity index (χ0n) is 9.15. The van der Waals surface area contributed by atoms with Crippen LogP contribution < -0.4 is 4.74 Å². The Balaban J connectivity index is 2.05. The van der Waals surface area contributed by atoms with Crippen LogP contribution in [0.15, 0.2) is 24.3 Å². The first-order chi connectivity index (χ1) is 7.31. The van der Waals surface area contributed by atoms with Crippen LogP contribution in [0.2, 0.25) is 0 Å². The van der Waals surface area contributed by atoms with E-state index in [0.29, 0.717) is 0 Å². The van der Waals surface area contributed by atoms with Gasteiger partial charge in [0.15, 0.2) is 0 Å². The van der Waals surface area contributed by atoms with Crippen LogP contribution in [0.3, 0.4) is 0 Å². The highest BCUT2D eigenvalue weighted by Gasteiger charge is 2.25. The minimum Gasteiger partial charge on any atom is -0.487 e. The average Bonchev–Trinajstić information content (AvgIpc) is 2.29. The number of benzene rings is 1. The molecule has 0 saturated carbocycles. The first-order valence-electron chi connectivity index (χ1n) is 5.74. The number of hydrogen-bond donors (Lipinski definition) is 1. The van der Waals surface area contributed by atoms with Gasteiger partial charge in [0.25, 0.3) is 0 Å². The Bertz CT molecular complexity index is 322. The third kappa shape index (κ3) is 2.32. The molecule has 0 unspecified atom stereocenters. The summed E-state index contributed by atoms with van der Waals surface area (Å²) in [6, 6.07) is 8.09. The van der Waals surface area contributed by atoms with E-state index in [1.807, 2.05) is 18.2 Å². The Morgan fingerprint density at radius 2 is 2.27 bits per heavy atom. The standard InChI is InChI=1S/C13H18O2/c1-2-5-11(14)13-9-8-10-6-3-4-7-12(10)15-13/h3-4,6-7,11,13-14H,2,5,8-9H2,1H3/t11-,13-/m0/s1. The van der Waals surface area contributed by atoms with Crippen molar-refractivity contribution in [1.29, 1.82) is 0 Å². The fourth-order valence-electron chi connectivity index (χ4n) is 2.10. The topological polar surface area (TPSA) is 29.5 Å². The Labute approximate surface area is 90.9 Å². The van der Waals surface area contributed by atoms with E-state index in [1.54, 1.807) is 0 Å². The fraction of sp³-hybridized carbons (Fsp3) is 0.538. The molecule has 1 aromatic carbocycles. The summed E-state index contributed by atoms with van der Waals surface area (Å²) in [7, 11) is 0. The molecule has 15 heavy (non-hydrogen) atoms. The van der Waals surface area contributed by atoms with Crippen LogP contribution in [0, 0.1) is 0 Å². The SMILES string of the molecule is CCC[C@H](O)[C@@H]1CCc2ccccc2O1. The minimum absolute atomic E-state index is 0.0140. The highest BCUT2D eigenvalue weighted by Crippen LogP contribution is 2.28. The second-order valence-corrected chi connectivity index (χ2v) is 4.16. The van der Waals surface area contributed by atoms with E-state index in [2.05, 4.69) is 13.0 Å². The van der Waals surface area contributed by atoms with Gasteiger partial charge < -0.3 is 9.84 Å². The predicted molar refractivity (Wildman–Crippen MR) is 60.1 cm³/mol. The molecule has 0 amide bonds. The number of aliphatic hydroxyl groups is 1. The van der Waals surface area contributed by atoms with Gasteiger partial charge in [-0.2, -0.15) is 0 Å². The molecule has 2 atom stereocenters. The van der Waals surface area contributed by atoms with Gasteiger partial charge in [-0.1, -0.05) is 31.5 Å². The molecule has 0 spiro atoms. The second-order valence-electron chi connectivity index (χ2n) is 4.16. The molecule has 2 heteroatoms. The van der Waals surface area contributed by atoms with Gasteiger partial charge in [-0.15, -0.1) is 0 Å². The van der Waals surface area contributed by atoms with Gasteiger partial charge in [-0.05, 0) is 30.9 Å². The van der Waals surface area contributed by atoms with Crippen molar-refractivity contribution in [2.24, 2.45) is 0 Å². The van der Waals surface area contributed by atoms with E-state index in [0.717, 1.165) is 31.4 Å².